The second-order valence-electron chi connectivity index (χ2n) is 6.70. The van der Waals surface area contributed by atoms with Gasteiger partial charge in [0.2, 0.25) is 0 Å². The van der Waals surface area contributed by atoms with E-state index in [1.807, 2.05) is 6.92 Å². The molecule has 0 saturated carbocycles. The third-order valence-electron chi connectivity index (χ3n) is 4.32. The molecule has 0 saturated heterocycles. The Hall–Kier alpha value is -2.62. The molecule has 0 fully saturated rings. The van der Waals surface area contributed by atoms with E-state index in [1.165, 1.54) is 30.6 Å². The number of ether oxygens (including phenoxy) is 1. The van der Waals surface area contributed by atoms with Crippen LogP contribution in [0, 0.1) is 6.92 Å². The standard InChI is InChI=1S/C21H22ClN3O4S2/c1-4-5-19-23-13(2)20(30-19)21(26)24-16-10-11-17(29-3)18(12-16)31(27,28)25-15-8-6-14(22)7-9-15/h6-12,25H,4-5H2,1-3H3,(H,24,26). The minimum Gasteiger partial charge on any atom is -0.495 e. The Labute approximate surface area is 190 Å². The van der Waals surface area contributed by atoms with Gasteiger partial charge in [-0.05, 0) is 62.2 Å². The number of carbonyl (C=O) groups is 1. The van der Waals surface area contributed by atoms with Crippen LogP contribution < -0.4 is 14.8 Å². The van der Waals surface area contributed by atoms with Crippen LogP contribution in [0.15, 0.2) is 47.4 Å². The van der Waals surface area contributed by atoms with E-state index in [0.29, 0.717) is 27.0 Å². The van der Waals surface area contributed by atoms with Gasteiger partial charge in [-0.3, -0.25) is 9.52 Å². The molecule has 0 aliphatic carbocycles. The fourth-order valence-corrected chi connectivity index (χ4v) is 5.31. The van der Waals surface area contributed by atoms with Crippen molar-refractivity contribution in [1.82, 2.24) is 4.98 Å². The molecule has 1 amide bonds. The van der Waals surface area contributed by atoms with Crippen LogP contribution in [-0.4, -0.2) is 26.4 Å². The highest BCUT2D eigenvalue weighted by Gasteiger charge is 2.22. The van der Waals surface area contributed by atoms with Gasteiger partial charge in [0.1, 0.15) is 15.5 Å². The molecule has 10 heteroatoms. The van der Waals surface area contributed by atoms with Gasteiger partial charge in [-0.25, -0.2) is 13.4 Å². The number of hydrogen-bond acceptors (Lipinski definition) is 6. The monoisotopic (exact) mass is 479 g/mol. The van der Waals surface area contributed by atoms with Crippen molar-refractivity contribution in [3.63, 3.8) is 0 Å². The summed E-state index contributed by atoms with van der Waals surface area (Å²) in [6.45, 7) is 3.83. The predicted octanol–water partition coefficient (Wildman–Crippen LogP) is 5.12. The average molecular weight is 480 g/mol. The molecule has 31 heavy (non-hydrogen) atoms. The summed E-state index contributed by atoms with van der Waals surface area (Å²) >= 11 is 7.20. The number of nitrogens with zero attached hydrogens (tertiary/aromatic N) is 1. The minimum atomic E-state index is -3.98. The number of aromatic nitrogens is 1. The molecular weight excluding hydrogens is 458 g/mol. The van der Waals surface area contributed by atoms with Gasteiger partial charge in [-0.2, -0.15) is 0 Å². The zero-order valence-corrected chi connectivity index (χ0v) is 19.6. The molecule has 3 rings (SSSR count). The minimum absolute atomic E-state index is 0.101. The number of amides is 1. The van der Waals surface area contributed by atoms with Gasteiger partial charge in [0.05, 0.1) is 17.8 Å². The highest BCUT2D eigenvalue weighted by Crippen LogP contribution is 2.30. The van der Waals surface area contributed by atoms with Crippen molar-refractivity contribution in [3.8, 4) is 5.75 Å². The van der Waals surface area contributed by atoms with E-state index in [0.717, 1.165) is 17.8 Å². The SMILES string of the molecule is CCCc1nc(C)c(C(=O)Nc2ccc(OC)c(S(=O)(=O)Nc3ccc(Cl)cc3)c2)s1. The summed E-state index contributed by atoms with van der Waals surface area (Å²) in [6.07, 6.45) is 1.74. The van der Waals surface area contributed by atoms with Crippen LogP contribution in [0.25, 0.3) is 0 Å². The number of carbonyl (C=O) groups excluding carboxylic acids is 1. The first kappa shape index (κ1) is 23.1. The van der Waals surface area contributed by atoms with Crippen LogP contribution >= 0.6 is 22.9 Å². The molecule has 0 unspecified atom stereocenters. The van der Waals surface area contributed by atoms with E-state index in [2.05, 4.69) is 15.0 Å². The molecule has 164 valence electrons. The number of sulfonamides is 1. The number of thiazole rings is 1. The van der Waals surface area contributed by atoms with Gasteiger partial charge in [-0.1, -0.05) is 18.5 Å². The van der Waals surface area contributed by atoms with Gasteiger partial charge in [0, 0.05) is 16.4 Å². The lowest BCUT2D eigenvalue weighted by Gasteiger charge is -2.13. The highest BCUT2D eigenvalue weighted by atomic mass is 35.5. The fraction of sp³-hybridized carbons (Fsp3) is 0.238. The van der Waals surface area contributed by atoms with Crippen molar-refractivity contribution in [2.45, 2.75) is 31.6 Å². The molecule has 0 aliphatic heterocycles. The number of methoxy groups -OCH3 is 1. The normalized spacial score (nSPS) is 11.2. The molecule has 1 aromatic heterocycles. The number of nitrogens with one attached hydrogen (secondary N) is 2. The third-order valence-corrected chi connectivity index (χ3v) is 7.19. The van der Waals surface area contributed by atoms with Crippen LogP contribution in [0.2, 0.25) is 5.02 Å². The maximum atomic E-state index is 13.0. The first-order valence-corrected chi connectivity index (χ1v) is 12.2. The number of aryl methyl sites for hydroxylation is 2. The molecule has 0 radical (unpaired) electrons. The smallest absolute Gasteiger partial charge is 0.267 e. The maximum absolute atomic E-state index is 13.0. The Balaban J connectivity index is 1.88. The number of rotatable bonds is 8. The molecular formula is C21H22ClN3O4S2. The van der Waals surface area contributed by atoms with Gasteiger partial charge >= 0.3 is 0 Å². The van der Waals surface area contributed by atoms with E-state index in [4.69, 9.17) is 16.3 Å². The van der Waals surface area contributed by atoms with Crippen molar-refractivity contribution >= 4 is 50.2 Å². The first-order chi connectivity index (χ1) is 14.7. The van der Waals surface area contributed by atoms with Crippen molar-refractivity contribution in [2.24, 2.45) is 0 Å². The topological polar surface area (TPSA) is 97.4 Å². The van der Waals surface area contributed by atoms with Gasteiger partial charge < -0.3 is 10.1 Å². The first-order valence-electron chi connectivity index (χ1n) is 9.47. The Morgan fingerprint density at radius 3 is 2.48 bits per heavy atom. The fourth-order valence-electron chi connectivity index (χ4n) is 2.86. The van der Waals surface area contributed by atoms with E-state index in [9.17, 15) is 13.2 Å². The van der Waals surface area contributed by atoms with Crippen LogP contribution in [0.1, 0.15) is 33.7 Å². The Morgan fingerprint density at radius 2 is 1.84 bits per heavy atom. The van der Waals surface area contributed by atoms with Crippen LogP contribution in [0.4, 0.5) is 11.4 Å². The van der Waals surface area contributed by atoms with Crippen molar-refractivity contribution < 1.29 is 17.9 Å². The summed E-state index contributed by atoms with van der Waals surface area (Å²) in [5.41, 5.74) is 1.33. The third kappa shape index (κ3) is 5.55. The summed E-state index contributed by atoms with van der Waals surface area (Å²) in [4.78, 5) is 17.6. The largest absolute Gasteiger partial charge is 0.495 e. The molecule has 0 spiro atoms. The zero-order chi connectivity index (χ0) is 22.6. The average Bonchev–Trinajstić information content (AvgIpc) is 3.10. The van der Waals surface area contributed by atoms with Crippen LogP contribution in [0.5, 0.6) is 5.75 Å². The van der Waals surface area contributed by atoms with Gasteiger partial charge in [-0.15, -0.1) is 11.3 Å². The second-order valence-corrected chi connectivity index (χ2v) is 9.88. The molecule has 0 bridgehead atoms. The number of halogens is 1. The van der Waals surface area contributed by atoms with Crippen LogP contribution in [0.3, 0.4) is 0 Å². The van der Waals surface area contributed by atoms with E-state index in [-0.39, 0.29) is 16.6 Å². The Morgan fingerprint density at radius 1 is 1.16 bits per heavy atom. The van der Waals surface area contributed by atoms with E-state index in [1.54, 1.807) is 37.3 Å². The Kier molecular flexibility index (Phi) is 7.19. The molecule has 2 aromatic carbocycles. The summed E-state index contributed by atoms with van der Waals surface area (Å²) in [5.74, 6) is -0.185. The quantitative estimate of drug-likeness (QED) is 0.467. The second kappa shape index (κ2) is 9.67. The lowest BCUT2D eigenvalue weighted by Crippen LogP contribution is -2.16. The molecule has 2 N–H and O–H groups in total. The van der Waals surface area contributed by atoms with Crippen LogP contribution in [-0.2, 0) is 16.4 Å². The summed E-state index contributed by atoms with van der Waals surface area (Å²) in [6, 6.07) is 10.7. The number of hydrogen-bond donors (Lipinski definition) is 2. The molecule has 0 atom stereocenters. The lowest BCUT2D eigenvalue weighted by molar-refractivity contribution is 0.102. The predicted molar refractivity (Wildman–Crippen MR) is 124 cm³/mol. The molecule has 3 aromatic rings. The molecule has 0 aliphatic rings. The highest BCUT2D eigenvalue weighted by molar-refractivity contribution is 7.92. The van der Waals surface area contributed by atoms with Crippen molar-refractivity contribution in [3.05, 3.63) is 63.1 Å². The Bertz CT molecular complexity index is 1190. The summed E-state index contributed by atoms with van der Waals surface area (Å²) in [5, 5.41) is 4.15. The molecule has 1 heterocycles. The number of anilines is 2. The van der Waals surface area contributed by atoms with Crippen molar-refractivity contribution in [1.29, 1.82) is 0 Å². The van der Waals surface area contributed by atoms with Crippen molar-refractivity contribution in [2.75, 3.05) is 17.1 Å². The van der Waals surface area contributed by atoms with Gasteiger partial charge in [0.25, 0.3) is 15.9 Å². The number of benzene rings is 2. The van der Waals surface area contributed by atoms with Gasteiger partial charge in [0.15, 0.2) is 0 Å². The summed E-state index contributed by atoms with van der Waals surface area (Å²) in [7, 11) is -2.60. The summed E-state index contributed by atoms with van der Waals surface area (Å²) < 4.78 is 33.6. The van der Waals surface area contributed by atoms with E-state index >= 15 is 0 Å². The zero-order valence-electron chi connectivity index (χ0n) is 17.2. The van der Waals surface area contributed by atoms with E-state index < -0.39 is 10.0 Å². The maximum Gasteiger partial charge on any atom is 0.267 e. The lowest BCUT2D eigenvalue weighted by atomic mass is 10.3. The molecule has 7 nitrogen and oxygen atoms in total.